The van der Waals surface area contributed by atoms with E-state index in [1.165, 1.54) is 0 Å². The Morgan fingerprint density at radius 1 is 1.21 bits per heavy atom. The van der Waals surface area contributed by atoms with E-state index >= 15 is 0 Å². The van der Waals surface area contributed by atoms with E-state index in [-0.39, 0.29) is 12.5 Å². The summed E-state index contributed by atoms with van der Waals surface area (Å²) in [6.45, 7) is 6.29. The van der Waals surface area contributed by atoms with Crippen LogP contribution in [-0.4, -0.2) is 29.0 Å². The number of hydrogen-bond donors (Lipinski definition) is 2. The van der Waals surface area contributed by atoms with Crippen LogP contribution < -0.4 is 0 Å². The first kappa shape index (κ1) is 15.9. The fourth-order valence-electron chi connectivity index (χ4n) is 1.66. The number of benzene rings is 1. The van der Waals surface area contributed by atoms with Crippen LogP contribution in [0.15, 0.2) is 42.0 Å². The molecule has 1 aromatic rings. The van der Waals surface area contributed by atoms with Gasteiger partial charge in [0.15, 0.2) is 0 Å². The Bertz CT molecular complexity index is 384. The van der Waals surface area contributed by atoms with Gasteiger partial charge in [-0.15, -0.1) is 0 Å². The van der Waals surface area contributed by atoms with Crippen LogP contribution in [0.2, 0.25) is 0 Å². The molecule has 0 aliphatic rings. The van der Waals surface area contributed by atoms with Crippen molar-refractivity contribution in [2.75, 3.05) is 6.61 Å². The maximum absolute atomic E-state index is 9.95. The van der Waals surface area contributed by atoms with Gasteiger partial charge in [-0.05, 0) is 25.0 Å². The van der Waals surface area contributed by atoms with Crippen molar-refractivity contribution in [1.29, 1.82) is 0 Å². The topological polar surface area (TPSA) is 49.7 Å². The van der Waals surface area contributed by atoms with Crippen molar-refractivity contribution in [3.63, 3.8) is 0 Å². The summed E-state index contributed by atoms with van der Waals surface area (Å²) in [5, 5.41) is 19.4. The molecule has 1 rings (SSSR count). The van der Waals surface area contributed by atoms with Gasteiger partial charge in [0.2, 0.25) is 0 Å². The minimum absolute atomic E-state index is 0.0313. The molecule has 3 nitrogen and oxygen atoms in total. The molecule has 0 fully saturated rings. The van der Waals surface area contributed by atoms with E-state index < -0.39 is 12.2 Å². The fraction of sp³-hybridized carbons (Fsp3) is 0.500. The smallest absolute Gasteiger partial charge is 0.0981 e. The molecule has 3 heteroatoms. The van der Waals surface area contributed by atoms with Gasteiger partial charge in [-0.3, -0.25) is 0 Å². The normalized spacial score (nSPS) is 17.0. The molecule has 0 amide bonds. The average Bonchev–Trinajstić information content (AvgIpc) is 2.39. The van der Waals surface area contributed by atoms with Crippen molar-refractivity contribution in [2.45, 2.75) is 39.6 Å². The Balaban J connectivity index is 2.36. The highest BCUT2D eigenvalue weighted by Crippen LogP contribution is 2.11. The minimum atomic E-state index is -0.620. The highest BCUT2D eigenvalue weighted by molar-refractivity contribution is 5.13. The van der Waals surface area contributed by atoms with Crippen molar-refractivity contribution in [2.24, 2.45) is 5.92 Å². The molecule has 2 N–H and O–H groups in total. The Kier molecular flexibility index (Phi) is 6.78. The molecule has 0 saturated heterocycles. The third-order valence-electron chi connectivity index (χ3n) is 3.20. The molecule has 1 aromatic carbocycles. The first-order valence-electron chi connectivity index (χ1n) is 6.66. The molecule has 0 radical (unpaired) electrons. The van der Waals surface area contributed by atoms with Crippen LogP contribution in [0.4, 0.5) is 0 Å². The number of aliphatic hydroxyl groups excluding tert-OH is 2. The largest absolute Gasteiger partial charge is 0.393 e. The zero-order valence-corrected chi connectivity index (χ0v) is 11.9. The van der Waals surface area contributed by atoms with Gasteiger partial charge in [-0.2, -0.15) is 0 Å². The number of hydrogen-bond acceptors (Lipinski definition) is 3. The van der Waals surface area contributed by atoms with E-state index in [2.05, 4.69) is 0 Å². The molecule has 0 spiro atoms. The molecule has 106 valence electrons. The van der Waals surface area contributed by atoms with Gasteiger partial charge in [0.1, 0.15) is 0 Å². The Hall–Kier alpha value is -1.16. The van der Waals surface area contributed by atoms with E-state index in [9.17, 15) is 10.2 Å². The van der Waals surface area contributed by atoms with Crippen LogP contribution in [0, 0.1) is 5.92 Å². The first-order chi connectivity index (χ1) is 9.00. The first-order valence-corrected chi connectivity index (χ1v) is 6.66. The van der Waals surface area contributed by atoms with Crippen molar-refractivity contribution < 1.29 is 14.9 Å². The van der Waals surface area contributed by atoms with Gasteiger partial charge in [0.05, 0.1) is 25.4 Å². The Morgan fingerprint density at radius 2 is 1.84 bits per heavy atom. The molecule has 0 aromatic heterocycles. The van der Waals surface area contributed by atoms with Crippen LogP contribution in [0.25, 0.3) is 0 Å². The van der Waals surface area contributed by atoms with E-state index in [4.69, 9.17) is 4.74 Å². The summed E-state index contributed by atoms with van der Waals surface area (Å²) in [4.78, 5) is 0. The lowest BCUT2D eigenvalue weighted by molar-refractivity contribution is 0.0447. The summed E-state index contributed by atoms with van der Waals surface area (Å²) in [6.07, 6.45) is 0.860. The van der Waals surface area contributed by atoms with Crippen molar-refractivity contribution >= 4 is 0 Å². The molecule has 0 aliphatic carbocycles. The van der Waals surface area contributed by atoms with Crippen LogP contribution in [0.3, 0.4) is 0 Å². The number of aliphatic hydroxyl groups is 2. The van der Waals surface area contributed by atoms with E-state index in [0.29, 0.717) is 6.61 Å². The van der Waals surface area contributed by atoms with Gasteiger partial charge in [0, 0.05) is 5.92 Å². The predicted octanol–water partition coefficient (Wildman–Crippen LogP) is 2.53. The Labute approximate surface area is 115 Å². The predicted molar refractivity (Wildman–Crippen MR) is 76.7 cm³/mol. The third kappa shape index (κ3) is 6.01. The lowest BCUT2D eigenvalue weighted by atomic mass is 10.0. The summed E-state index contributed by atoms with van der Waals surface area (Å²) in [5.41, 5.74) is 1.93. The molecule has 0 unspecified atom stereocenters. The van der Waals surface area contributed by atoms with Crippen molar-refractivity contribution in [3.05, 3.63) is 47.5 Å². The molecule has 0 aliphatic heterocycles. The van der Waals surface area contributed by atoms with E-state index in [1.54, 1.807) is 6.92 Å². The monoisotopic (exact) mass is 264 g/mol. The quantitative estimate of drug-likeness (QED) is 0.744. The number of rotatable bonds is 7. The summed E-state index contributed by atoms with van der Waals surface area (Å²) in [7, 11) is 0. The molecular formula is C16H24O3. The maximum atomic E-state index is 9.95. The highest BCUT2D eigenvalue weighted by atomic mass is 16.5. The highest BCUT2D eigenvalue weighted by Gasteiger charge is 2.11. The zero-order valence-electron chi connectivity index (χ0n) is 11.9. The van der Waals surface area contributed by atoms with Crippen LogP contribution in [0.5, 0.6) is 0 Å². The zero-order chi connectivity index (χ0) is 14.3. The van der Waals surface area contributed by atoms with Gasteiger partial charge < -0.3 is 14.9 Å². The third-order valence-corrected chi connectivity index (χ3v) is 3.20. The molecular weight excluding hydrogens is 240 g/mol. The van der Waals surface area contributed by atoms with Crippen LogP contribution >= 0.6 is 0 Å². The molecule has 0 heterocycles. The summed E-state index contributed by atoms with van der Waals surface area (Å²) < 4.78 is 5.49. The standard InChI is InChI=1S/C16H24O3/c1-12(14(3)17)9-13(2)16(18)11-19-10-15-7-5-4-6-8-15/h4-9,12,14,16-18H,10-11H2,1-3H3/b13-9+/t12-,14+,16+/m0/s1. The van der Waals surface area contributed by atoms with Crippen LogP contribution in [0.1, 0.15) is 26.3 Å². The van der Waals surface area contributed by atoms with Gasteiger partial charge in [-0.1, -0.05) is 43.3 Å². The molecule has 0 bridgehead atoms. The van der Waals surface area contributed by atoms with Crippen molar-refractivity contribution in [3.8, 4) is 0 Å². The maximum Gasteiger partial charge on any atom is 0.0981 e. The Morgan fingerprint density at radius 3 is 2.42 bits per heavy atom. The van der Waals surface area contributed by atoms with Gasteiger partial charge in [0.25, 0.3) is 0 Å². The van der Waals surface area contributed by atoms with E-state index in [1.807, 2.05) is 50.3 Å². The average molecular weight is 264 g/mol. The van der Waals surface area contributed by atoms with Gasteiger partial charge in [-0.25, -0.2) is 0 Å². The summed E-state index contributed by atoms with van der Waals surface area (Å²) in [5.74, 6) is 0.0313. The fourth-order valence-corrected chi connectivity index (χ4v) is 1.66. The second-order valence-electron chi connectivity index (χ2n) is 5.03. The molecule has 3 atom stereocenters. The van der Waals surface area contributed by atoms with Gasteiger partial charge >= 0.3 is 0 Å². The SMILES string of the molecule is C/C(=C\[C@H](C)[C@@H](C)O)[C@H](O)COCc1ccccc1. The second-order valence-corrected chi connectivity index (χ2v) is 5.03. The second kappa shape index (κ2) is 8.10. The summed E-state index contributed by atoms with van der Waals surface area (Å²) >= 11 is 0. The lowest BCUT2D eigenvalue weighted by Gasteiger charge is -2.16. The molecule has 0 saturated carbocycles. The van der Waals surface area contributed by atoms with E-state index in [0.717, 1.165) is 11.1 Å². The molecule has 19 heavy (non-hydrogen) atoms. The summed E-state index contributed by atoms with van der Waals surface area (Å²) in [6, 6.07) is 9.87. The number of ether oxygens (including phenoxy) is 1. The van der Waals surface area contributed by atoms with Crippen LogP contribution in [-0.2, 0) is 11.3 Å². The van der Waals surface area contributed by atoms with Crippen molar-refractivity contribution in [1.82, 2.24) is 0 Å². The lowest BCUT2D eigenvalue weighted by Crippen LogP contribution is -2.19. The minimum Gasteiger partial charge on any atom is -0.393 e.